The molecule has 0 spiro atoms. The zero-order valence-electron chi connectivity index (χ0n) is 18.6. The Hall–Kier alpha value is -3.85. The summed E-state index contributed by atoms with van der Waals surface area (Å²) < 4.78 is 48.4. The van der Waals surface area contributed by atoms with Crippen LogP contribution in [0.2, 0.25) is 5.02 Å². The van der Waals surface area contributed by atoms with Gasteiger partial charge in [0, 0.05) is 34.6 Å². The molecule has 0 aliphatic carbocycles. The number of aryl methyl sites for hydroxylation is 1. The first-order chi connectivity index (χ1) is 16.8. The van der Waals surface area contributed by atoms with E-state index in [4.69, 9.17) is 16.3 Å². The van der Waals surface area contributed by atoms with Gasteiger partial charge in [0.1, 0.15) is 35.5 Å². The molecule has 0 saturated heterocycles. The first kappa shape index (κ1) is 24.3. The highest BCUT2D eigenvalue weighted by atomic mass is 35.5. The summed E-state index contributed by atoms with van der Waals surface area (Å²) in [4.78, 5) is 16.7. The molecule has 35 heavy (non-hydrogen) atoms. The number of hydrogen-bond donors (Lipinski definition) is 1. The molecule has 0 aliphatic heterocycles. The van der Waals surface area contributed by atoms with Gasteiger partial charge in [-0.1, -0.05) is 17.7 Å². The quantitative estimate of drug-likeness (QED) is 0.360. The van der Waals surface area contributed by atoms with Crippen molar-refractivity contribution in [2.24, 2.45) is 0 Å². The normalized spacial score (nSPS) is 10.9. The molecule has 4 rings (SSSR count). The van der Waals surface area contributed by atoms with Crippen LogP contribution in [0.1, 0.15) is 33.0 Å². The van der Waals surface area contributed by atoms with Crippen LogP contribution in [0.3, 0.4) is 0 Å². The fraction of sp³-hybridized carbons (Fsp3) is 0.160. The van der Waals surface area contributed by atoms with Gasteiger partial charge in [-0.25, -0.2) is 13.2 Å². The maximum atomic E-state index is 14.0. The van der Waals surface area contributed by atoms with Gasteiger partial charge in [-0.2, -0.15) is 5.10 Å². The molecule has 0 aliphatic rings. The standard InChI is InChI=1S/C25H20ClF3N4O2/c1-15-8-23(25(34)31-12-19-4-2-3-7-30-19)32-33(15)13-16-9-17(26)5-6-24(16)35-14-20-21(28)10-18(27)11-22(20)29/h2-11H,12-14H2,1H3,(H,31,34). The van der Waals surface area contributed by atoms with Crippen LogP contribution < -0.4 is 10.1 Å². The van der Waals surface area contributed by atoms with Crippen molar-refractivity contribution in [3.8, 4) is 5.75 Å². The molecule has 0 atom stereocenters. The van der Waals surface area contributed by atoms with Crippen LogP contribution in [0.5, 0.6) is 5.75 Å². The summed E-state index contributed by atoms with van der Waals surface area (Å²) in [5.74, 6) is -3.13. The third kappa shape index (κ3) is 5.99. The Morgan fingerprint density at radius 3 is 2.57 bits per heavy atom. The minimum absolute atomic E-state index is 0.184. The first-order valence-electron chi connectivity index (χ1n) is 10.6. The van der Waals surface area contributed by atoms with Gasteiger partial charge in [-0.3, -0.25) is 14.5 Å². The maximum absolute atomic E-state index is 14.0. The smallest absolute Gasteiger partial charge is 0.272 e. The van der Waals surface area contributed by atoms with Gasteiger partial charge in [-0.15, -0.1) is 0 Å². The number of carbonyl (C=O) groups excluding carboxylic acids is 1. The van der Waals surface area contributed by atoms with Crippen LogP contribution in [0.25, 0.3) is 0 Å². The van der Waals surface area contributed by atoms with E-state index in [1.807, 2.05) is 6.07 Å². The average molecular weight is 501 g/mol. The number of amides is 1. The summed E-state index contributed by atoms with van der Waals surface area (Å²) in [5.41, 5.74) is 1.82. The second-order valence-corrected chi connectivity index (χ2v) is 8.16. The number of pyridine rings is 1. The molecule has 180 valence electrons. The van der Waals surface area contributed by atoms with E-state index >= 15 is 0 Å². The minimum atomic E-state index is -1.04. The number of nitrogens with one attached hydrogen (secondary N) is 1. The topological polar surface area (TPSA) is 69.0 Å². The molecular formula is C25H20ClF3N4O2. The average Bonchev–Trinajstić information content (AvgIpc) is 3.19. The van der Waals surface area contributed by atoms with Crippen molar-refractivity contribution < 1.29 is 22.7 Å². The number of hydrogen-bond acceptors (Lipinski definition) is 4. The van der Waals surface area contributed by atoms with E-state index in [1.165, 1.54) is 0 Å². The molecule has 10 heteroatoms. The summed E-state index contributed by atoms with van der Waals surface area (Å²) in [7, 11) is 0. The van der Waals surface area contributed by atoms with Crippen LogP contribution >= 0.6 is 11.6 Å². The highest BCUT2D eigenvalue weighted by molar-refractivity contribution is 6.30. The molecule has 1 N–H and O–H groups in total. The molecule has 0 radical (unpaired) electrons. The van der Waals surface area contributed by atoms with Crippen molar-refractivity contribution in [2.45, 2.75) is 26.6 Å². The zero-order valence-corrected chi connectivity index (χ0v) is 19.3. The molecule has 0 bridgehead atoms. The van der Waals surface area contributed by atoms with Crippen molar-refractivity contribution in [1.29, 1.82) is 0 Å². The number of benzene rings is 2. The molecule has 2 aromatic carbocycles. The van der Waals surface area contributed by atoms with E-state index in [-0.39, 0.29) is 24.7 Å². The van der Waals surface area contributed by atoms with Gasteiger partial charge in [0.05, 0.1) is 24.3 Å². The second kappa shape index (κ2) is 10.6. The molecule has 6 nitrogen and oxygen atoms in total. The maximum Gasteiger partial charge on any atom is 0.272 e. The highest BCUT2D eigenvalue weighted by Crippen LogP contribution is 2.26. The monoisotopic (exact) mass is 500 g/mol. The number of aromatic nitrogens is 3. The number of halogens is 4. The Balaban J connectivity index is 1.49. The highest BCUT2D eigenvalue weighted by Gasteiger charge is 2.16. The number of nitrogens with zero attached hydrogens (tertiary/aromatic N) is 3. The van der Waals surface area contributed by atoms with Gasteiger partial charge in [0.15, 0.2) is 0 Å². The third-order valence-electron chi connectivity index (χ3n) is 5.19. The predicted octanol–water partition coefficient (Wildman–Crippen LogP) is 5.21. The molecule has 0 unspecified atom stereocenters. The Labute approximate surface area is 204 Å². The molecule has 0 saturated carbocycles. The number of rotatable bonds is 8. The lowest BCUT2D eigenvalue weighted by Crippen LogP contribution is -2.24. The summed E-state index contributed by atoms with van der Waals surface area (Å²) in [5, 5.41) is 7.56. The third-order valence-corrected chi connectivity index (χ3v) is 5.43. The van der Waals surface area contributed by atoms with E-state index < -0.39 is 29.6 Å². The molecule has 2 heterocycles. The van der Waals surface area contributed by atoms with Gasteiger partial charge in [0.2, 0.25) is 0 Å². The van der Waals surface area contributed by atoms with Gasteiger partial charge in [-0.05, 0) is 43.3 Å². The van der Waals surface area contributed by atoms with Crippen molar-refractivity contribution in [3.05, 3.63) is 111 Å². The summed E-state index contributed by atoms with van der Waals surface area (Å²) >= 11 is 6.15. The fourth-order valence-corrected chi connectivity index (χ4v) is 3.57. The summed E-state index contributed by atoms with van der Waals surface area (Å²) in [6.07, 6.45) is 1.64. The van der Waals surface area contributed by atoms with Crippen molar-refractivity contribution in [2.75, 3.05) is 0 Å². The van der Waals surface area contributed by atoms with Crippen LogP contribution in [-0.4, -0.2) is 20.7 Å². The molecule has 1 amide bonds. The molecule has 0 fully saturated rings. The Kier molecular flexibility index (Phi) is 7.36. The lowest BCUT2D eigenvalue weighted by molar-refractivity contribution is 0.0944. The Bertz CT molecular complexity index is 1340. The van der Waals surface area contributed by atoms with Crippen molar-refractivity contribution in [1.82, 2.24) is 20.1 Å². The van der Waals surface area contributed by atoms with Crippen LogP contribution in [0.4, 0.5) is 13.2 Å². The molecule has 2 aromatic heterocycles. The van der Waals surface area contributed by atoms with E-state index in [9.17, 15) is 18.0 Å². The lowest BCUT2D eigenvalue weighted by atomic mass is 10.2. The van der Waals surface area contributed by atoms with E-state index in [0.29, 0.717) is 39.9 Å². The summed E-state index contributed by atoms with van der Waals surface area (Å²) in [6, 6.07) is 13.0. The predicted molar refractivity (Wildman–Crippen MR) is 124 cm³/mol. The first-order valence-corrected chi connectivity index (χ1v) is 10.9. The van der Waals surface area contributed by atoms with Crippen LogP contribution in [0, 0.1) is 24.4 Å². The fourth-order valence-electron chi connectivity index (χ4n) is 3.38. The van der Waals surface area contributed by atoms with Gasteiger partial charge >= 0.3 is 0 Å². The largest absolute Gasteiger partial charge is 0.488 e. The van der Waals surface area contributed by atoms with E-state index in [2.05, 4.69) is 15.4 Å². The number of carbonyl (C=O) groups is 1. The van der Waals surface area contributed by atoms with Gasteiger partial charge in [0.25, 0.3) is 5.91 Å². The minimum Gasteiger partial charge on any atom is -0.488 e. The van der Waals surface area contributed by atoms with Crippen LogP contribution in [-0.2, 0) is 19.7 Å². The van der Waals surface area contributed by atoms with Crippen molar-refractivity contribution >= 4 is 17.5 Å². The lowest BCUT2D eigenvalue weighted by Gasteiger charge is -2.14. The second-order valence-electron chi connectivity index (χ2n) is 7.72. The van der Waals surface area contributed by atoms with Crippen LogP contribution in [0.15, 0.2) is 60.8 Å². The molecular weight excluding hydrogens is 481 g/mol. The Morgan fingerprint density at radius 1 is 1.09 bits per heavy atom. The summed E-state index contributed by atoms with van der Waals surface area (Å²) in [6.45, 7) is 1.78. The Morgan fingerprint density at radius 2 is 1.86 bits per heavy atom. The van der Waals surface area contributed by atoms with E-state index in [1.54, 1.807) is 54.2 Å². The van der Waals surface area contributed by atoms with E-state index in [0.717, 1.165) is 0 Å². The van der Waals surface area contributed by atoms with Gasteiger partial charge < -0.3 is 10.1 Å². The van der Waals surface area contributed by atoms with Crippen molar-refractivity contribution in [3.63, 3.8) is 0 Å². The SMILES string of the molecule is Cc1cc(C(=O)NCc2ccccn2)nn1Cc1cc(Cl)ccc1OCc1c(F)cc(F)cc1F. The zero-order chi connectivity index (χ0) is 24.9. The molecule has 4 aromatic rings. The number of ether oxygens (including phenoxy) is 1.